The van der Waals surface area contributed by atoms with Crippen LogP contribution in [0.1, 0.15) is 26.7 Å². The fourth-order valence-electron chi connectivity index (χ4n) is 2.91. The molecular weight excluding hydrogens is 281 g/mol. The molecule has 2 atom stereocenters. The second kappa shape index (κ2) is 6.56. The van der Waals surface area contributed by atoms with Gasteiger partial charge < -0.3 is 15.0 Å². The largest absolute Gasteiger partial charge is 0.573 e. The van der Waals surface area contributed by atoms with Crippen molar-refractivity contribution in [2.24, 2.45) is 0 Å². The first-order chi connectivity index (χ1) is 9.90. The molecule has 1 fully saturated rings. The number of para-hydroxylation sites is 2. The van der Waals surface area contributed by atoms with Gasteiger partial charge in [0, 0.05) is 18.6 Å². The van der Waals surface area contributed by atoms with Crippen LogP contribution in [0.3, 0.4) is 0 Å². The van der Waals surface area contributed by atoms with E-state index in [0.717, 1.165) is 25.9 Å². The average molecular weight is 302 g/mol. The highest BCUT2D eigenvalue weighted by Crippen LogP contribution is 2.35. The number of anilines is 1. The van der Waals surface area contributed by atoms with Crippen LogP contribution in [0.15, 0.2) is 24.3 Å². The molecule has 1 N–H and O–H groups in total. The third kappa shape index (κ3) is 4.27. The van der Waals surface area contributed by atoms with E-state index in [-0.39, 0.29) is 11.8 Å². The summed E-state index contributed by atoms with van der Waals surface area (Å²) in [4.78, 5) is 1.99. The van der Waals surface area contributed by atoms with E-state index in [9.17, 15) is 13.2 Å². The molecule has 118 valence electrons. The maximum Gasteiger partial charge on any atom is 0.573 e. The van der Waals surface area contributed by atoms with Crippen LogP contribution in [-0.2, 0) is 0 Å². The van der Waals surface area contributed by atoms with Crippen LogP contribution in [0.5, 0.6) is 5.75 Å². The molecule has 6 heteroatoms. The van der Waals surface area contributed by atoms with Gasteiger partial charge >= 0.3 is 6.36 Å². The van der Waals surface area contributed by atoms with E-state index in [2.05, 4.69) is 17.0 Å². The Balaban J connectivity index is 2.15. The molecular formula is C15H21F3N2O. The molecule has 1 aromatic rings. The summed E-state index contributed by atoms with van der Waals surface area (Å²) in [6.45, 7) is 5.72. The van der Waals surface area contributed by atoms with Gasteiger partial charge in [-0.3, -0.25) is 0 Å². The zero-order valence-corrected chi connectivity index (χ0v) is 12.3. The van der Waals surface area contributed by atoms with Crippen LogP contribution in [-0.4, -0.2) is 31.5 Å². The molecule has 0 spiro atoms. The molecule has 0 aliphatic carbocycles. The lowest BCUT2D eigenvalue weighted by Gasteiger charge is -2.40. The molecule has 21 heavy (non-hydrogen) atoms. The van der Waals surface area contributed by atoms with Crippen molar-refractivity contribution in [3.8, 4) is 5.75 Å². The zero-order valence-electron chi connectivity index (χ0n) is 12.3. The van der Waals surface area contributed by atoms with Crippen LogP contribution in [0.2, 0.25) is 0 Å². The number of nitrogens with one attached hydrogen (secondary N) is 1. The Morgan fingerprint density at radius 3 is 2.67 bits per heavy atom. The molecule has 0 radical (unpaired) electrons. The van der Waals surface area contributed by atoms with Gasteiger partial charge in [0.05, 0.1) is 5.69 Å². The summed E-state index contributed by atoms with van der Waals surface area (Å²) in [6, 6.07) is 6.94. The van der Waals surface area contributed by atoms with E-state index < -0.39 is 6.36 Å². The molecule has 0 saturated carbocycles. The van der Waals surface area contributed by atoms with Gasteiger partial charge in [0.1, 0.15) is 0 Å². The third-order valence-electron chi connectivity index (χ3n) is 3.77. The van der Waals surface area contributed by atoms with Crippen molar-refractivity contribution in [1.29, 1.82) is 0 Å². The van der Waals surface area contributed by atoms with Gasteiger partial charge in [0.2, 0.25) is 0 Å². The van der Waals surface area contributed by atoms with Gasteiger partial charge in [-0.1, -0.05) is 19.1 Å². The van der Waals surface area contributed by atoms with E-state index in [1.807, 2.05) is 11.8 Å². The predicted octanol–water partition coefficient (Wildman–Crippen LogP) is 3.55. The molecule has 2 unspecified atom stereocenters. The number of nitrogens with zero attached hydrogens (tertiary/aromatic N) is 1. The van der Waals surface area contributed by atoms with E-state index in [0.29, 0.717) is 11.7 Å². The van der Waals surface area contributed by atoms with Crippen LogP contribution in [0.4, 0.5) is 18.9 Å². The van der Waals surface area contributed by atoms with Crippen LogP contribution >= 0.6 is 0 Å². The van der Waals surface area contributed by atoms with Crippen molar-refractivity contribution < 1.29 is 17.9 Å². The van der Waals surface area contributed by atoms with Crippen LogP contribution in [0.25, 0.3) is 0 Å². The number of halogens is 3. The van der Waals surface area contributed by atoms with Crippen molar-refractivity contribution in [2.45, 2.75) is 45.1 Å². The standard InChI is InChI=1S/C15H21F3N2O/c1-3-19-12-8-9-20(11(2)10-12)13-6-4-5-7-14(13)21-15(16,17)18/h4-7,11-12,19H,3,8-10H2,1-2H3. The van der Waals surface area contributed by atoms with Gasteiger partial charge in [0.15, 0.2) is 5.75 Å². The van der Waals surface area contributed by atoms with Crippen LogP contribution < -0.4 is 15.0 Å². The van der Waals surface area contributed by atoms with Crippen molar-refractivity contribution in [3.05, 3.63) is 24.3 Å². The predicted molar refractivity (Wildman–Crippen MR) is 76.6 cm³/mol. The minimum atomic E-state index is -4.67. The number of hydrogen-bond donors (Lipinski definition) is 1. The molecule has 3 nitrogen and oxygen atoms in total. The molecule has 1 heterocycles. The third-order valence-corrected chi connectivity index (χ3v) is 3.77. The fraction of sp³-hybridized carbons (Fsp3) is 0.600. The first-order valence-corrected chi connectivity index (χ1v) is 7.25. The zero-order chi connectivity index (χ0) is 15.5. The summed E-state index contributed by atoms with van der Waals surface area (Å²) in [5, 5.41) is 3.40. The highest BCUT2D eigenvalue weighted by atomic mass is 19.4. The van der Waals surface area contributed by atoms with E-state index in [1.165, 1.54) is 6.07 Å². The quantitative estimate of drug-likeness (QED) is 0.920. The van der Waals surface area contributed by atoms with Crippen LogP contribution in [0, 0.1) is 0 Å². The Hall–Kier alpha value is -1.43. The number of piperidine rings is 1. The Kier molecular flexibility index (Phi) is 4.98. The van der Waals surface area contributed by atoms with Gasteiger partial charge in [-0.2, -0.15) is 0 Å². The van der Waals surface area contributed by atoms with E-state index in [4.69, 9.17) is 0 Å². The fourth-order valence-corrected chi connectivity index (χ4v) is 2.91. The number of alkyl halides is 3. The van der Waals surface area contributed by atoms with Gasteiger partial charge in [0.25, 0.3) is 0 Å². The Labute approximate surface area is 123 Å². The SMILES string of the molecule is CCNC1CCN(c2ccccc2OC(F)(F)F)C(C)C1. The summed E-state index contributed by atoms with van der Waals surface area (Å²) in [7, 11) is 0. The normalized spacial score (nSPS) is 23.2. The minimum Gasteiger partial charge on any atom is -0.404 e. The number of hydrogen-bond acceptors (Lipinski definition) is 3. The summed E-state index contributed by atoms with van der Waals surface area (Å²) < 4.78 is 41.6. The molecule has 0 bridgehead atoms. The molecule has 0 aromatic heterocycles. The van der Waals surface area contributed by atoms with Gasteiger partial charge in [-0.15, -0.1) is 13.2 Å². The summed E-state index contributed by atoms with van der Waals surface area (Å²) in [5.74, 6) is -0.126. The lowest BCUT2D eigenvalue weighted by atomic mass is 9.97. The van der Waals surface area contributed by atoms with Crippen molar-refractivity contribution >= 4 is 5.69 Å². The molecule has 2 rings (SSSR count). The number of rotatable bonds is 4. The lowest BCUT2D eigenvalue weighted by molar-refractivity contribution is -0.274. The molecule has 1 aliphatic heterocycles. The molecule has 1 saturated heterocycles. The van der Waals surface area contributed by atoms with Crippen molar-refractivity contribution in [2.75, 3.05) is 18.0 Å². The van der Waals surface area contributed by atoms with Gasteiger partial charge in [-0.25, -0.2) is 0 Å². The maximum atomic E-state index is 12.5. The summed E-state index contributed by atoms with van der Waals surface area (Å²) in [5.41, 5.74) is 0.511. The molecule has 1 aromatic carbocycles. The monoisotopic (exact) mass is 302 g/mol. The van der Waals surface area contributed by atoms with Gasteiger partial charge in [-0.05, 0) is 38.4 Å². The Morgan fingerprint density at radius 1 is 1.33 bits per heavy atom. The number of benzene rings is 1. The smallest absolute Gasteiger partial charge is 0.404 e. The average Bonchev–Trinajstić information content (AvgIpc) is 2.39. The second-order valence-electron chi connectivity index (χ2n) is 5.34. The molecule has 1 aliphatic rings. The van der Waals surface area contributed by atoms with Crippen molar-refractivity contribution in [1.82, 2.24) is 5.32 Å². The maximum absolute atomic E-state index is 12.5. The molecule has 0 amide bonds. The first-order valence-electron chi connectivity index (χ1n) is 7.25. The first kappa shape index (κ1) is 15.9. The van der Waals surface area contributed by atoms with Crippen molar-refractivity contribution in [3.63, 3.8) is 0 Å². The Morgan fingerprint density at radius 2 is 2.05 bits per heavy atom. The number of ether oxygens (including phenoxy) is 1. The lowest BCUT2D eigenvalue weighted by Crippen LogP contribution is -2.47. The highest BCUT2D eigenvalue weighted by molar-refractivity contribution is 5.59. The van der Waals surface area contributed by atoms with E-state index >= 15 is 0 Å². The topological polar surface area (TPSA) is 24.5 Å². The summed E-state index contributed by atoms with van der Waals surface area (Å²) in [6.07, 6.45) is -2.84. The summed E-state index contributed by atoms with van der Waals surface area (Å²) >= 11 is 0. The Bertz CT molecular complexity index is 464. The van der Waals surface area contributed by atoms with E-state index in [1.54, 1.807) is 18.2 Å². The highest BCUT2D eigenvalue weighted by Gasteiger charge is 2.34. The second-order valence-corrected chi connectivity index (χ2v) is 5.34. The minimum absolute atomic E-state index is 0.126.